The SMILES string of the molecule is C=C(/C=C(\C=C/C(C)C(F)(F)F)N(/C(=C/C)[C@@H](C)C(C)=O)c1ccc(C(C)=O)cc1)OC(C)=O. The Hall–Kier alpha value is -3.42. The van der Waals surface area contributed by atoms with Crippen molar-refractivity contribution in [1.29, 1.82) is 0 Å². The maximum atomic E-state index is 13.2. The molecule has 8 heteroatoms. The third-order valence-electron chi connectivity index (χ3n) is 5.05. The number of benzene rings is 1. The zero-order valence-corrected chi connectivity index (χ0v) is 20.2. The van der Waals surface area contributed by atoms with E-state index in [4.69, 9.17) is 4.74 Å². The van der Waals surface area contributed by atoms with Crippen molar-refractivity contribution in [3.8, 4) is 0 Å². The first-order chi connectivity index (χ1) is 15.7. The molecule has 2 atom stereocenters. The van der Waals surface area contributed by atoms with Crippen LogP contribution in [0.25, 0.3) is 0 Å². The first kappa shape index (κ1) is 28.6. The largest absolute Gasteiger partial charge is 0.427 e. The number of esters is 1. The molecule has 0 aliphatic rings. The van der Waals surface area contributed by atoms with Gasteiger partial charge < -0.3 is 9.64 Å². The predicted molar refractivity (Wildman–Crippen MR) is 126 cm³/mol. The summed E-state index contributed by atoms with van der Waals surface area (Å²) in [5, 5.41) is 0. The molecule has 1 aromatic carbocycles. The van der Waals surface area contributed by atoms with Gasteiger partial charge in [0.15, 0.2) is 5.78 Å². The van der Waals surface area contributed by atoms with Gasteiger partial charge in [-0.25, -0.2) is 0 Å². The number of carbonyl (C=O) groups excluding carboxylic acids is 3. The van der Waals surface area contributed by atoms with Crippen molar-refractivity contribution in [3.05, 3.63) is 77.9 Å². The lowest BCUT2D eigenvalue weighted by molar-refractivity contribution is -0.156. The third-order valence-corrected chi connectivity index (χ3v) is 5.05. The van der Waals surface area contributed by atoms with Gasteiger partial charge in [-0.1, -0.05) is 25.7 Å². The van der Waals surface area contributed by atoms with Crippen molar-refractivity contribution < 1.29 is 32.3 Å². The maximum absolute atomic E-state index is 13.2. The van der Waals surface area contributed by atoms with Crippen LogP contribution in [-0.4, -0.2) is 23.7 Å². The van der Waals surface area contributed by atoms with Gasteiger partial charge in [0.05, 0.1) is 11.8 Å². The van der Waals surface area contributed by atoms with Gasteiger partial charge in [-0.3, -0.25) is 14.4 Å². The Balaban J connectivity index is 3.80. The van der Waals surface area contributed by atoms with Gasteiger partial charge in [-0.2, -0.15) is 13.2 Å². The summed E-state index contributed by atoms with van der Waals surface area (Å²) in [5.74, 6) is -3.43. The summed E-state index contributed by atoms with van der Waals surface area (Å²) in [5.41, 5.74) is 1.59. The van der Waals surface area contributed by atoms with Crippen molar-refractivity contribution in [1.82, 2.24) is 0 Å². The highest BCUT2D eigenvalue weighted by Crippen LogP contribution is 2.32. The van der Waals surface area contributed by atoms with E-state index in [-0.39, 0.29) is 23.0 Å². The normalized spacial score (nSPS) is 14.5. The summed E-state index contributed by atoms with van der Waals surface area (Å²) < 4.78 is 44.5. The molecule has 0 N–H and O–H groups in total. The number of ether oxygens (including phenoxy) is 1. The van der Waals surface area contributed by atoms with Crippen LogP contribution in [0.1, 0.15) is 51.9 Å². The standard InChI is InChI=1S/C26H30F3NO4/c1-8-25(18(4)19(5)31)30(23-13-10-22(11-14-23)20(6)32)24(15-17(3)34-21(7)33)12-9-16(2)26(27,28)29/h8-16,18H,3H2,1-2,4-7H3/b12-9-,24-15+,25-8+/t16?,18-/m0/s1. The summed E-state index contributed by atoms with van der Waals surface area (Å²) in [7, 11) is 0. The Bertz CT molecular complexity index is 1020. The van der Waals surface area contributed by atoms with Gasteiger partial charge >= 0.3 is 12.1 Å². The Morgan fingerprint density at radius 1 is 1.06 bits per heavy atom. The molecule has 0 saturated carbocycles. The summed E-state index contributed by atoms with van der Waals surface area (Å²) in [4.78, 5) is 36.9. The van der Waals surface area contributed by atoms with E-state index >= 15 is 0 Å². The molecule has 1 unspecified atom stereocenters. The van der Waals surface area contributed by atoms with Gasteiger partial charge in [0.25, 0.3) is 0 Å². The molecular formula is C26H30F3NO4. The minimum Gasteiger partial charge on any atom is -0.427 e. The predicted octanol–water partition coefficient (Wildman–Crippen LogP) is 6.54. The molecule has 0 amide bonds. The van der Waals surface area contributed by atoms with E-state index < -0.39 is 24.0 Å². The van der Waals surface area contributed by atoms with Gasteiger partial charge in [0.1, 0.15) is 11.5 Å². The molecule has 0 spiro atoms. The molecule has 1 aromatic rings. The molecule has 0 heterocycles. The number of rotatable bonds is 10. The topological polar surface area (TPSA) is 63.7 Å². The minimum absolute atomic E-state index is 0.0944. The van der Waals surface area contributed by atoms with Gasteiger partial charge in [0, 0.05) is 35.6 Å². The number of alkyl halides is 3. The first-order valence-corrected chi connectivity index (χ1v) is 10.6. The molecule has 184 valence electrons. The number of nitrogens with zero attached hydrogens (tertiary/aromatic N) is 1. The highest BCUT2D eigenvalue weighted by molar-refractivity contribution is 5.94. The van der Waals surface area contributed by atoms with Crippen molar-refractivity contribution in [2.75, 3.05) is 4.90 Å². The molecule has 5 nitrogen and oxygen atoms in total. The molecule has 0 radical (unpaired) electrons. The zero-order valence-electron chi connectivity index (χ0n) is 20.2. The van der Waals surface area contributed by atoms with Gasteiger partial charge in [0.2, 0.25) is 0 Å². The van der Waals surface area contributed by atoms with Crippen molar-refractivity contribution >= 4 is 23.2 Å². The molecule has 34 heavy (non-hydrogen) atoms. The lowest BCUT2D eigenvalue weighted by Crippen LogP contribution is -2.28. The molecule has 1 rings (SSSR count). The molecular weight excluding hydrogens is 447 g/mol. The highest BCUT2D eigenvalue weighted by Gasteiger charge is 2.34. The Morgan fingerprint density at radius 3 is 2.03 bits per heavy atom. The first-order valence-electron chi connectivity index (χ1n) is 10.6. The van der Waals surface area contributed by atoms with E-state index in [1.54, 1.807) is 49.1 Å². The van der Waals surface area contributed by atoms with Crippen molar-refractivity contribution in [2.24, 2.45) is 11.8 Å². The second-order valence-corrected chi connectivity index (χ2v) is 7.80. The number of Topliss-reactive ketones (excluding diaryl/α,β-unsaturated/α-hetero) is 2. The van der Waals surface area contributed by atoms with Crippen LogP contribution in [0, 0.1) is 11.8 Å². The van der Waals surface area contributed by atoms with E-state index in [2.05, 4.69) is 6.58 Å². The van der Waals surface area contributed by atoms with Crippen LogP contribution >= 0.6 is 0 Å². The molecule has 0 aromatic heterocycles. The van der Waals surface area contributed by atoms with Crippen LogP contribution in [0.4, 0.5) is 18.9 Å². The van der Waals surface area contributed by atoms with Crippen LogP contribution in [0.2, 0.25) is 0 Å². The third kappa shape index (κ3) is 8.17. The average molecular weight is 478 g/mol. The molecule has 0 fully saturated rings. The fourth-order valence-electron chi connectivity index (χ4n) is 2.99. The summed E-state index contributed by atoms with van der Waals surface area (Å²) >= 11 is 0. The van der Waals surface area contributed by atoms with Crippen molar-refractivity contribution in [2.45, 2.75) is 47.7 Å². The fraction of sp³-hybridized carbons (Fsp3) is 0.346. The number of anilines is 1. The van der Waals surface area contributed by atoms with Crippen LogP contribution in [0.3, 0.4) is 0 Å². The van der Waals surface area contributed by atoms with Gasteiger partial charge in [-0.05, 0) is 58.0 Å². The van der Waals surface area contributed by atoms with E-state index in [9.17, 15) is 27.6 Å². The van der Waals surface area contributed by atoms with Crippen LogP contribution < -0.4 is 4.90 Å². The molecule has 0 aliphatic heterocycles. The monoisotopic (exact) mass is 477 g/mol. The second kappa shape index (κ2) is 12.2. The summed E-state index contributed by atoms with van der Waals surface area (Å²) in [6, 6.07) is 6.40. The van der Waals surface area contributed by atoms with Crippen LogP contribution in [0.15, 0.2) is 72.3 Å². The smallest absolute Gasteiger partial charge is 0.394 e. The van der Waals surface area contributed by atoms with E-state index in [1.807, 2.05) is 0 Å². The van der Waals surface area contributed by atoms with E-state index in [0.717, 1.165) is 13.0 Å². The number of ketones is 2. The number of hydrogen-bond acceptors (Lipinski definition) is 5. The fourth-order valence-corrected chi connectivity index (χ4v) is 2.99. The number of allylic oxidation sites excluding steroid dienone is 5. The number of hydrogen-bond donors (Lipinski definition) is 0. The number of carbonyl (C=O) groups is 3. The summed E-state index contributed by atoms with van der Waals surface area (Å²) in [6.07, 6.45) is 0.737. The van der Waals surface area contributed by atoms with Crippen LogP contribution in [-0.2, 0) is 14.3 Å². The second-order valence-electron chi connectivity index (χ2n) is 7.80. The lowest BCUT2D eigenvalue weighted by Gasteiger charge is -2.32. The Kier molecular flexibility index (Phi) is 10.2. The quantitative estimate of drug-likeness (QED) is 0.166. The van der Waals surface area contributed by atoms with Gasteiger partial charge in [-0.15, -0.1) is 0 Å². The Labute approximate surface area is 198 Å². The van der Waals surface area contributed by atoms with E-state index in [0.29, 0.717) is 16.9 Å². The zero-order chi connectivity index (χ0) is 26.2. The number of halogens is 3. The minimum atomic E-state index is -4.46. The highest BCUT2D eigenvalue weighted by atomic mass is 19.4. The molecule has 0 bridgehead atoms. The van der Waals surface area contributed by atoms with Crippen LogP contribution in [0.5, 0.6) is 0 Å². The molecule has 0 saturated heterocycles. The maximum Gasteiger partial charge on any atom is 0.394 e. The molecule has 0 aliphatic carbocycles. The lowest BCUT2D eigenvalue weighted by atomic mass is 9.99. The Morgan fingerprint density at radius 2 is 1.62 bits per heavy atom. The summed E-state index contributed by atoms with van der Waals surface area (Å²) in [6.45, 7) is 12.0. The van der Waals surface area contributed by atoms with E-state index in [1.165, 1.54) is 32.9 Å². The van der Waals surface area contributed by atoms with Crippen molar-refractivity contribution in [3.63, 3.8) is 0 Å². The average Bonchev–Trinajstić information content (AvgIpc) is 2.73.